The fourth-order valence-corrected chi connectivity index (χ4v) is 1.87. The van der Waals surface area contributed by atoms with Crippen LogP contribution in [-0.2, 0) is 27.5 Å². The lowest BCUT2D eigenvalue weighted by Gasteiger charge is -2.12. The molecule has 1 atom stereocenters. The molecular formula is C16H19N3O4. The molecule has 0 saturated heterocycles. The summed E-state index contributed by atoms with van der Waals surface area (Å²) in [5, 5.41) is 16.2. The Morgan fingerprint density at radius 1 is 1.30 bits per heavy atom. The number of aliphatic hydroxyl groups is 1. The largest absolute Gasteiger partial charge is 0.459 e. The van der Waals surface area contributed by atoms with Crippen molar-refractivity contribution in [2.75, 3.05) is 6.54 Å². The first-order valence-corrected chi connectivity index (χ1v) is 7.20. The lowest BCUT2D eigenvalue weighted by Crippen LogP contribution is -2.39. The zero-order valence-electron chi connectivity index (χ0n) is 12.8. The minimum atomic E-state index is -1.40. The average Bonchev–Trinajstić information content (AvgIpc) is 2.96. The van der Waals surface area contributed by atoms with Gasteiger partial charge in [0.2, 0.25) is 5.91 Å². The van der Waals surface area contributed by atoms with Gasteiger partial charge in [0.1, 0.15) is 13.2 Å². The van der Waals surface area contributed by atoms with Crippen molar-refractivity contribution in [2.45, 2.75) is 26.2 Å². The van der Waals surface area contributed by atoms with E-state index < -0.39 is 12.1 Å². The summed E-state index contributed by atoms with van der Waals surface area (Å²) in [6.45, 7) is 1.73. The molecular weight excluding hydrogens is 298 g/mol. The summed E-state index contributed by atoms with van der Waals surface area (Å²) in [5.74, 6) is -1.12. The zero-order valence-corrected chi connectivity index (χ0v) is 12.8. The summed E-state index contributed by atoms with van der Waals surface area (Å²) >= 11 is 0. The molecule has 7 heteroatoms. The van der Waals surface area contributed by atoms with E-state index >= 15 is 0 Å². The Kier molecular flexibility index (Phi) is 5.87. The van der Waals surface area contributed by atoms with Gasteiger partial charge in [-0.2, -0.15) is 5.10 Å². The van der Waals surface area contributed by atoms with E-state index in [1.54, 1.807) is 12.3 Å². The van der Waals surface area contributed by atoms with Crippen LogP contribution in [0.1, 0.15) is 11.3 Å². The topological polar surface area (TPSA) is 93.5 Å². The second-order valence-electron chi connectivity index (χ2n) is 5.07. The molecule has 1 heterocycles. The maximum absolute atomic E-state index is 11.7. The number of aliphatic hydroxyl groups excluding tert-OH is 1. The van der Waals surface area contributed by atoms with E-state index in [4.69, 9.17) is 4.74 Å². The summed E-state index contributed by atoms with van der Waals surface area (Å²) in [5.41, 5.74) is 1.63. The third kappa shape index (κ3) is 5.55. The Bertz CT molecular complexity index is 654. The van der Waals surface area contributed by atoms with Crippen molar-refractivity contribution in [3.8, 4) is 0 Å². The number of benzene rings is 1. The van der Waals surface area contributed by atoms with Gasteiger partial charge in [-0.05, 0) is 18.6 Å². The molecule has 0 spiro atoms. The van der Waals surface area contributed by atoms with Gasteiger partial charge in [-0.25, -0.2) is 4.79 Å². The van der Waals surface area contributed by atoms with Crippen molar-refractivity contribution in [3.63, 3.8) is 0 Å². The number of amides is 1. The molecule has 1 amide bonds. The number of rotatable bonds is 7. The Hall–Kier alpha value is -2.67. The minimum absolute atomic E-state index is 0.0274. The van der Waals surface area contributed by atoms with Gasteiger partial charge in [-0.15, -0.1) is 0 Å². The minimum Gasteiger partial charge on any atom is -0.459 e. The zero-order chi connectivity index (χ0) is 16.7. The van der Waals surface area contributed by atoms with Gasteiger partial charge in [-0.1, -0.05) is 30.3 Å². The molecule has 23 heavy (non-hydrogen) atoms. The number of hydrogen-bond acceptors (Lipinski definition) is 5. The van der Waals surface area contributed by atoms with E-state index in [-0.39, 0.29) is 25.6 Å². The van der Waals surface area contributed by atoms with Crippen molar-refractivity contribution < 1.29 is 19.4 Å². The molecule has 122 valence electrons. The maximum Gasteiger partial charge on any atom is 0.337 e. The van der Waals surface area contributed by atoms with Gasteiger partial charge in [-0.3, -0.25) is 9.48 Å². The smallest absolute Gasteiger partial charge is 0.337 e. The third-order valence-electron chi connectivity index (χ3n) is 3.07. The quantitative estimate of drug-likeness (QED) is 0.722. The van der Waals surface area contributed by atoms with E-state index in [2.05, 4.69) is 10.4 Å². The fraction of sp³-hybridized carbons (Fsp3) is 0.312. The Balaban J connectivity index is 1.70. The van der Waals surface area contributed by atoms with E-state index in [1.807, 2.05) is 37.3 Å². The van der Waals surface area contributed by atoms with Crippen LogP contribution in [0.5, 0.6) is 0 Å². The Morgan fingerprint density at radius 2 is 2.04 bits per heavy atom. The molecule has 0 radical (unpaired) electrons. The highest BCUT2D eigenvalue weighted by Crippen LogP contribution is 2.01. The summed E-state index contributed by atoms with van der Waals surface area (Å²) in [7, 11) is 0. The van der Waals surface area contributed by atoms with E-state index in [0.717, 1.165) is 11.3 Å². The summed E-state index contributed by atoms with van der Waals surface area (Å²) in [6.07, 6.45) is 0.279. The molecule has 2 N–H and O–H groups in total. The number of aromatic nitrogens is 2. The van der Waals surface area contributed by atoms with Crippen molar-refractivity contribution in [1.29, 1.82) is 0 Å². The molecule has 7 nitrogen and oxygen atoms in total. The Labute approximate surface area is 133 Å². The monoisotopic (exact) mass is 317 g/mol. The first-order valence-electron chi connectivity index (χ1n) is 7.20. The van der Waals surface area contributed by atoms with Crippen molar-refractivity contribution >= 4 is 11.9 Å². The summed E-state index contributed by atoms with van der Waals surface area (Å²) in [4.78, 5) is 23.3. The number of nitrogens with zero attached hydrogens (tertiary/aromatic N) is 2. The molecule has 0 aliphatic carbocycles. The lowest BCUT2D eigenvalue weighted by atomic mass is 10.2. The normalized spacial score (nSPS) is 11.7. The van der Waals surface area contributed by atoms with Crippen LogP contribution in [-0.4, -0.2) is 39.4 Å². The van der Waals surface area contributed by atoms with Crippen LogP contribution in [0.25, 0.3) is 0 Å². The second kappa shape index (κ2) is 8.09. The molecule has 0 saturated carbocycles. The van der Waals surface area contributed by atoms with E-state index in [9.17, 15) is 14.7 Å². The molecule has 0 unspecified atom stereocenters. The SMILES string of the molecule is Cc1ccn(CC(=O)NC[C@H](O)C(=O)OCc2ccccc2)n1. The van der Waals surface area contributed by atoms with Gasteiger partial charge in [0.05, 0.1) is 12.2 Å². The van der Waals surface area contributed by atoms with Crippen LogP contribution < -0.4 is 5.32 Å². The van der Waals surface area contributed by atoms with Crippen molar-refractivity contribution in [2.24, 2.45) is 0 Å². The van der Waals surface area contributed by atoms with Gasteiger partial charge in [0.15, 0.2) is 6.10 Å². The molecule has 0 bridgehead atoms. The highest BCUT2D eigenvalue weighted by Gasteiger charge is 2.17. The maximum atomic E-state index is 11.7. The standard InChI is InChI=1S/C16H19N3O4/c1-12-7-8-19(18-12)10-15(21)17-9-14(20)16(22)23-11-13-5-3-2-4-6-13/h2-8,14,20H,9-11H2,1H3,(H,17,21)/t14-/m0/s1. The van der Waals surface area contributed by atoms with Gasteiger partial charge in [0, 0.05) is 6.20 Å². The van der Waals surface area contributed by atoms with Crippen LogP contribution in [0.4, 0.5) is 0 Å². The van der Waals surface area contributed by atoms with Crippen molar-refractivity contribution in [1.82, 2.24) is 15.1 Å². The molecule has 1 aromatic carbocycles. The Morgan fingerprint density at radius 3 is 2.70 bits per heavy atom. The number of carbonyl (C=O) groups is 2. The fourth-order valence-electron chi connectivity index (χ4n) is 1.87. The van der Waals surface area contributed by atoms with Crippen LogP contribution in [0.3, 0.4) is 0 Å². The molecule has 2 rings (SSSR count). The first kappa shape index (κ1) is 16.7. The first-order chi connectivity index (χ1) is 11.0. The summed E-state index contributed by atoms with van der Waals surface area (Å²) < 4.78 is 6.46. The molecule has 0 fully saturated rings. The number of hydrogen-bond donors (Lipinski definition) is 2. The number of ether oxygens (including phenoxy) is 1. The average molecular weight is 317 g/mol. The highest BCUT2D eigenvalue weighted by molar-refractivity contribution is 5.78. The predicted molar refractivity (Wildman–Crippen MR) is 82.2 cm³/mol. The van der Waals surface area contributed by atoms with Crippen LogP contribution in [0.2, 0.25) is 0 Å². The second-order valence-corrected chi connectivity index (χ2v) is 5.07. The summed E-state index contributed by atoms with van der Waals surface area (Å²) in [6, 6.07) is 10.9. The van der Waals surface area contributed by atoms with Crippen LogP contribution in [0, 0.1) is 6.92 Å². The van der Waals surface area contributed by atoms with E-state index in [0.29, 0.717) is 0 Å². The van der Waals surface area contributed by atoms with E-state index in [1.165, 1.54) is 4.68 Å². The van der Waals surface area contributed by atoms with Gasteiger partial charge >= 0.3 is 5.97 Å². The van der Waals surface area contributed by atoms with Crippen LogP contribution >= 0.6 is 0 Å². The number of nitrogens with one attached hydrogen (secondary N) is 1. The molecule has 0 aliphatic rings. The lowest BCUT2D eigenvalue weighted by molar-refractivity contribution is -0.154. The van der Waals surface area contributed by atoms with Gasteiger partial charge in [0.25, 0.3) is 0 Å². The predicted octanol–water partition coefficient (Wildman–Crippen LogP) is 0.412. The molecule has 0 aliphatic heterocycles. The van der Waals surface area contributed by atoms with Crippen molar-refractivity contribution in [3.05, 3.63) is 53.9 Å². The third-order valence-corrected chi connectivity index (χ3v) is 3.07. The number of carbonyl (C=O) groups excluding carboxylic acids is 2. The van der Waals surface area contributed by atoms with Gasteiger partial charge < -0.3 is 15.2 Å². The highest BCUT2D eigenvalue weighted by atomic mass is 16.5. The number of esters is 1. The molecule has 2 aromatic rings. The molecule has 1 aromatic heterocycles. The van der Waals surface area contributed by atoms with Crippen LogP contribution in [0.15, 0.2) is 42.6 Å². The number of aryl methyl sites for hydroxylation is 1.